The van der Waals surface area contributed by atoms with E-state index in [2.05, 4.69) is 10.2 Å². The Morgan fingerprint density at radius 3 is 2.38 bits per heavy atom. The molecule has 128 valence electrons. The molecule has 0 bridgehead atoms. The Balaban J connectivity index is 2.22. The first-order chi connectivity index (χ1) is 11.3. The van der Waals surface area contributed by atoms with Crippen LogP contribution >= 0.6 is 0 Å². The van der Waals surface area contributed by atoms with E-state index < -0.39 is 21.7 Å². The first-order valence-electron chi connectivity index (χ1n) is 6.96. The third kappa shape index (κ3) is 3.78. The van der Waals surface area contributed by atoms with Gasteiger partial charge in [-0.15, -0.1) is 0 Å². The molecule has 0 aliphatic carbocycles. The number of aryl methyl sites for hydroxylation is 1. The average Bonchev–Trinajstić information content (AvgIpc) is 2.57. The van der Waals surface area contributed by atoms with Crippen molar-refractivity contribution in [1.29, 1.82) is 0 Å². The smallest absolute Gasteiger partial charge is 0.264 e. The molecule has 0 aliphatic heterocycles. The van der Waals surface area contributed by atoms with E-state index in [1.165, 1.54) is 50.6 Å². The van der Waals surface area contributed by atoms with Crippen molar-refractivity contribution in [2.24, 2.45) is 0 Å². The molecule has 0 unspecified atom stereocenters. The number of rotatable bonds is 5. The minimum absolute atomic E-state index is 0.0230. The van der Waals surface area contributed by atoms with Gasteiger partial charge in [-0.1, -0.05) is 10.5 Å². The molecular weight excluding hydrogens is 335 g/mol. The molecule has 0 aliphatic rings. The van der Waals surface area contributed by atoms with Crippen molar-refractivity contribution in [3.63, 3.8) is 0 Å². The lowest BCUT2D eigenvalue weighted by Crippen LogP contribution is -2.25. The Hall–Kier alpha value is -2.29. The maximum atomic E-state index is 13.7. The highest BCUT2D eigenvalue weighted by atomic mass is 32.2. The molecule has 0 aromatic heterocycles. The van der Waals surface area contributed by atoms with E-state index in [0.29, 0.717) is 4.47 Å². The summed E-state index contributed by atoms with van der Waals surface area (Å²) in [5.74, 6) is -1.08. The Morgan fingerprint density at radius 1 is 1.17 bits per heavy atom. The van der Waals surface area contributed by atoms with Gasteiger partial charge in [0.15, 0.2) is 0 Å². The maximum Gasteiger partial charge on any atom is 0.264 e. The van der Waals surface area contributed by atoms with Crippen LogP contribution in [-0.4, -0.2) is 33.0 Å². The number of hydrogen-bond donors (Lipinski definition) is 1. The van der Waals surface area contributed by atoms with Crippen molar-refractivity contribution in [1.82, 2.24) is 4.47 Å². The van der Waals surface area contributed by atoms with Crippen LogP contribution in [0.15, 0.2) is 47.4 Å². The van der Waals surface area contributed by atoms with Gasteiger partial charge < -0.3 is 5.32 Å². The van der Waals surface area contributed by atoms with Crippen molar-refractivity contribution in [3.05, 3.63) is 59.4 Å². The molecule has 1 N–H and O–H groups in total. The van der Waals surface area contributed by atoms with Crippen LogP contribution in [0.2, 0.25) is 0 Å². The monoisotopic (exact) mass is 352 g/mol. The lowest BCUT2D eigenvalue weighted by atomic mass is 10.2. The van der Waals surface area contributed by atoms with Crippen molar-refractivity contribution in [2.75, 3.05) is 19.5 Å². The second-order valence-electron chi connectivity index (χ2n) is 5.06. The fourth-order valence-corrected chi connectivity index (χ4v) is 2.93. The Labute approximate surface area is 139 Å². The largest absolute Gasteiger partial charge is 0.319 e. The van der Waals surface area contributed by atoms with Crippen LogP contribution in [-0.2, 0) is 14.9 Å². The number of halogens is 1. The summed E-state index contributed by atoms with van der Waals surface area (Å²) in [5.41, 5.74) is 1.07. The molecule has 1 amide bonds. The van der Waals surface area contributed by atoms with Crippen LogP contribution in [0.4, 0.5) is 10.1 Å². The second-order valence-corrected chi connectivity index (χ2v) is 6.99. The van der Waals surface area contributed by atoms with E-state index in [1.54, 1.807) is 13.0 Å². The number of benzene rings is 2. The predicted octanol–water partition coefficient (Wildman–Crippen LogP) is 2.57. The second kappa shape index (κ2) is 7.08. The molecule has 2 aromatic rings. The topological polar surface area (TPSA) is 75.7 Å². The summed E-state index contributed by atoms with van der Waals surface area (Å²) < 4.78 is 38.5. The molecule has 2 aromatic carbocycles. The number of anilines is 1. The summed E-state index contributed by atoms with van der Waals surface area (Å²) in [6.07, 6.45) is 0. The van der Waals surface area contributed by atoms with Crippen molar-refractivity contribution in [3.8, 4) is 0 Å². The molecular formula is C16H17FN2O4S. The third-order valence-electron chi connectivity index (χ3n) is 3.38. The first kappa shape index (κ1) is 18.1. The molecule has 0 saturated heterocycles. The van der Waals surface area contributed by atoms with Crippen molar-refractivity contribution in [2.45, 2.75) is 11.8 Å². The van der Waals surface area contributed by atoms with E-state index in [4.69, 9.17) is 0 Å². The summed E-state index contributed by atoms with van der Waals surface area (Å²) in [4.78, 5) is 16.8. The van der Waals surface area contributed by atoms with Gasteiger partial charge in [0.25, 0.3) is 15.9 Å². The van der Waals surface area contributed by atoms with Gasteiger partial charge in [-0.3, -0.25) is 9.63 Å². The molecule has 0 saturated carbocycles. The minimum Gasteiger partial charge on any atom is -0.319 e. The van der Waals surface area contributed by atoms with Crippen molar-refractivity contribution < 1.29 is 22.4 Å². The number of sulfonamides is 1. The lowest BCUT2D eigenvalue weighted by molar-refractivity contribution is -0.0258. The standard InChI is InChI=1S/C16H17FN2O4S/c1-11-4-9-14(17)15(10-11)18-16(20)12-5-7-13(8-6-12)24(21,22)19(2)23-3/h4-10H,1-3H3,(H,18,20). The van der Waals surface area contributed by atoms with Crippen LogP contribution in [0.25, 0.3) is 0 Å². The molecule has 8 heteroatoms. The number of hydrogen-bond acceptors (Lipinski definition) is 4. The van der Waals surface area contributed by atoms with E-state index in [9.17, 15) is 17.6 Å². The SMILES string of the molecule is CON(C)S(=O)(=O)c1ccc(C(=O)Nc2cc(C)ccc2F)cc1. The van der Waals surface area contributed by atoms with Crippen LogP contribution in [0.3, 0.4) is 0 Å². The van der Waals surface area contributed by atoms with Gasteiger partial charge in [-0.2, -0.15) is 0 Å². The molecule has 0 spiro atoms. The van der Waals surface area contributed by atoms with Gasteiger partial charge in [0.1, 0.15) is 5.82 Å². The summed E-state index contributed by atoms with van der Waals surface area (Å²) >= 11 is 0. The summed E-state index contributed by atoms with van der Waals surface area (Å²) in [5, 5.41) is 2.46. The number of nitrogens with zero attached hydrogens (tertiary/aromatic N) is 1. The van der Waals surface area contributed by atoms with Crippen LogP contribution in [0.1, 0.15) is 15.9 Å². The van der Waals surface area contributed by atoms with Crippen LogP contribution in [0, 0.1) is 12.7 Å². The predicted molar refractivity (Wildman–Crippen MR) is 87.5 cm³/mol. The molecule has 6 nitrogen and oxygen atoms in total. The number of carbonyl (C=O) groups excluding carboxylic acids is 1. The van der Waals surface area contributed by atoms with Gasteiger partial charge in [0.05, 0.1) is 17.7 Å². The van der Waals surface area contributed by atoms with Crippen LogP contribution < -0.4 is 5.32 Å². The average molecular weight is 352 g/mol. The zero-order chi connectivity index (χ0) is 17.9. The normalized spacial score (nSPS) is 11.5. The Morgan fingerprint density at radius 2 is 1.79 bits per heavy atom. The molecule has 24 heavy (non-hydrogen) atoms. The maximum absolute atomic E-state index is 13.7. The number of carbonyl (C=O) groups is 1. The zero-order valence-corrected chi connectivity index (χ0v) is 14.2. The van der Waals surface area contributed by atoms with E-state index in [1.807, 2.05) is 0 Å². The summed E-state index contributed by atoms with van der Waals surface area (Å²) in [7, 11) is -1.29. The number of hydroxylamine groups is 1. The molecule has 0 fully saturated rings. The fourth-order valence-electron chi connectivity index (χ4n) is 1.95. The molecule has 0 radical (unpaired) electrons. The molecule has 0 atom stereocenters. The van der Waals surface area contributed by atoms with E-state index in [-0.39, 0.29) is 16.1 Å². The molecule has 2 rings (SSSR count). The molecule has 0 heterocycles. The quantitative estimate of drug-likeness (QED) is 0.839. The summed E-state index contributed by atoms with van der Waals surface area (Å²) in [6, 6.07) is 9.63. The number of nitrogens with one attached hydrogen (secondary N) is 1. The highest BCUT2D eigenvalue weighted by Gasteiger charge is 2.21. The van der Waals surface area contributed by atoms with Gasteiger partial charge in [0, 0.05) is 12.6 Å². The third-order valence-corrected chi connectivity index (χ3v) is 5.07. The Kier molecular flexibility index (Phi) is 5.33. The first-order valence-corrected chi connectivity index (χ1v) is 8.40. The fraction of sp³-hybridized carbons (Fsp3) is 0.188. The van der Waals surface area contributed by atoms with Crippen molar-refractivity contribution >= 4 is 21.6 Å². The zero-order valence-electron chi connectivity index (χ0n) is 13.4. The van der Waals surface area contributed by atoms with Crippen LogP contribution in [0.5, 0.6) is 0 Å². The van der Waals surface area contributed by atoms with Gasteiger partial charge >= 0.3 is 0 Å². The highest BCUT2D eigenvalue weighted by molar-refractivity contribution is 7.89. The lowest BCUT2D eigenvalue weighted by Gasteiger charge is -2.14. The van der Waals surface area contributed by atoms with Gasteiger partial charge in [-0.25, -0.2) is 12.8 Å². The Bertz CT molecular complexity index is 851. The van der Waals surface area contributed by atoms with E-state index in [0.717, 1.165) is 5.56 Å². The van der Waals surface area contributed by atoms with E-state index >= 15 is 0 Å². The highest BCUT2D eigenvalue weighted by Crippen LogP contribution is 2.18. The number of amides is 1. The van der Waals surface area contributed by atoms with Gasteiger partial charge in [0.2, 0.25) is 0 Å². The minimum atomic E-state index is -3.78. The van der Waals surface area contributed by atoms with Gasteiger partial charge in [-0.05, 0) is 48.9 Å². The summed E-state index contributed by atoms with van der Waals surface area (Å²) in [6.45, 7) is 1.78.